The number of ether oxygens (including phenoxy) is 2. The van der Waals surface area contributed by atoms with E-state index in [-0.39, 0.29) is 10.8 Å². The van der Waals surface area contributed by atoms with Gasteiger partial charge in [0.15, 0.2) is 0 Å². The highest BCUT2D eigenvalue weighted by atomic mass is 16.5. The van der Waals surface area contributed by atoms with Gasteiger partial charge < -0.3 is 20.1 Å². The molecule has 0 spiro atoms. The van der Waals surface area contributed by atoms with Gasteiger partial charge in [-0.2, -0.15) is 0 Å². The molecule has 1 aromatic carbocycles. The zero-order chi connectivity index (χ0) is 31.1. The summed E-state index contributed by atoms with van der Waals surface area (Å²) in [6, 6.07) is 8.82. The number of hydrogen-bond donors (Lipinski definition) is 2. The van der Waals surface area contributed by atoms with Gasteiger partial charge in [-0.05, 0) is 120 Å². The van der Waals surface area contributed by atoms with Crippen molar-refractivity contribution in [1.29, 1.82) is 0 Å². The standard InChI is InChI=1S/C39H62N2O2/c1-31(2)14-10-8-9-11-22-40-25-27-43-37-29-35-19-21-38(37,6)39(35,7)30-34-17-13-18-36(28-34)42-26-24-41-23-20-33(5)16-12-15-32(3)4/h9,11,13-15,17-18,20,28,35,37,40-41H,8,10,12,16,19,21-27,29-30H2,1-7H3. The molecule has 2 N–H and O–H groups in total. The van der Waals surface area contributed by atoms with Crippen molar-refractivity contribution in [1.82, 2.24) is 10.6 Å². The van der Waals surface area contributed by atoms with Crippen LogP contribution in [0.4, 0.5) is 0 Å². The van der Waals surface area contributed by atoms with Crippen LogP contribution >= 0.6 is 0 Å². The van der Waals surface area contributed by atoms with E-state index in [1.165, 1.54) is 41.5 Å². The lowest BCUT2D eigenvalue weighted by molar-refractivity contribution is -0.0487. The van der Waals surface area contributed by atoms with Crippen molar-refractivity contribution in [3.63, 3.8) is 0 Å². The van der Waals surface area contributed by atoms with Gasteiger partial charge in [-0.1, -0.05) is 73.1 Å². The molecule has 2 saturated carbocycles. The first-order valence-electron chi connectivity index (χ1n) is 17.0. The lowest BCUT2D eigenvalue weighted by Gasteiger charge is -2.41. The highest BCUT2D eigenvalue weighted by Gasteiger charge is 2.63. The molecule has 4 unspecified atom stereocenters. The summed E-state index contributed by atoms with van der Waals surface area (Å²) in [6.45, 7) is 20.9. The second-order valence-electron chi connectivity index (χ2n) is 13.9. The molecular formula is C39H62N2O2. The Morgan fingerprint density at radius 3 is 2.42 bits per heavy atom. The first kappa shape index (κ1) is 35.3. The van der Waals surface area contributed by atoms with Crippen molar-refractivity contribution in [2.24, 2.45) is 16.7 Å². The van der Waals surface area contributed by atoms with Gasteiger partial charge in [0.05, 0.1) is 12.7 Å². The number of allylic oxidation sites excluding steroid dienone is 6. The predicted molar refractivity (Wildman–Crippen MR) is 185 cm³/mol. The molecule has 3 rings (SSSR count). The molecule has 2 fully saturated rings. The largest absolute Gasteiger partial charge is 0.492 e. The smallest absolute Gasteiger partial charge is 0.119 e. The van der Waals surface area contributed by atoms with Crippen LogP contribution < -0.4 is 15.4 Å². The van der Waals surface area contributed by atoms with E-state index in [0.29, 0.717) is 12.7 Å². The van der Waals surface area contributed by atoms with Crippen LogP contribution in [0, 0.1) is 16.7 Å². The SMILES string of the molecule is CC(C)=CCCC=CCNCCOC1CC2CCC1(C)C2(C)Cc1cccc(OCCNCC=C(C)CCC=C(C)C)c1. The average molecular weight is 591 g/mol. The van der Waals surface area contributed by atoms with Crippen LogP contribution in [-0.2, 0) is 11.2 Å². The van der Waals surface area contributed by atoms with Gasteiger partial charge in [0.25, 0.3) is 0 Å². The highest BCUT2D eigenvalue weighted by Crippen LogP contribution is 2.67. The Labute approximate surface area is 264 Å². The van der Waals surface area contributed by atoms with Gasteiger partial charge in [-0.15, -0.1) is 0 Å². The van der Waals surface area contributed by atoms with Crippen LogP contribution in [-0.4, -0.2) is 45.5 Å². The van der Waals surface area contributed by atoms with Crippen LogP contribution in [0.5, 0.6) is 5.75 Å². The Hall–Kier alpha value is -2.14. The molecule has 4 atom stereocenters. The van der Waals surface area contributed by atoms with E-state index in [2.05, 4.69) is 114 Å². The van der Waals surface area contributed by atoms with Crippen molar-refractivity contribution >= 4 is 0 Å². The summed E-state index contributed by atoms with van der Waals surface area (Å²) in [5.41, 5.74) is 6.11. The summed E-state index contributed by atoms with van der Waals surface area (Å²) in [5.74, 6) is 1.71. The molecule has 43 heavy (non-hydrogen) atoms. The van der Waals surface area contributed by atoms with Crippen LogP contribution in [0.1, 0.15) is 99.0 Å². The van der Waals surface area contributed by atoms with Crippen LogP contribution in [0.25, 0.3) is 0 Å². The van der Waals surface area contributed by atoms with Gasteiger partial charge in [-0.25, -0.2) is 0 Å². The van der Waals surface area contributed by atoms with Gasteiger partial charge in [0.2, 0.25) is 0 Å². The molecule has 0 aliphatic heterocycles. The highest BCUT2D eigenvalue weighted by molar-refractivity contribution is 5.31. The monoisotopic (exact) mass is 590 g/mol. The summed E-state index contributed by atoms with van der Waals surface area (Å²) >= 11 is 0. The lowest BCUT2D eigenvalue weighted by atomic mass is 9.65. The van der Waals surface area contributed by atoms with Crippen molar-refractivity contribution in [3.05, 3.63) is 76.9 Å². The van der Waals surface area contributed by atoms with E-state index in [1.807, 2.05) is 0 Å². The summed E-state index contributed by atoms with van der Waals surface area (Å²) in [5, 5.41) is 7.02. The maximum absolute atomic E-state index is 6.56. The molecular weight excluding hydrogens is 528 g/mol. The molecule has 1 aromatic rings. The minimum absolute atomic E-state index is 0.223. The van der Waals surface area contributed by atoms with E-state index in [0.717, 1.165) is 76.6 Å². The van der Waals surface area contributed by atoms with Crippen molar-refractivity contribution in [2.45, 2.75) is 106 Å². The third kappa shape index (κ3) is 11.1. The number of nitrogens with one attached hydrogen (secondary N) is 2. The Kier molecular flexibility index (Phi) is 14.8. The second-order valence-corrected chi connectivity index (χ2v) is 13.9. The maximum Gasteiger partial charge on any atom is 0.119 e. The van der Waals surface area contributed by atoms with Gasteiger partial charge in [-0.3, -0.25) is 0 Å². The minimum Gasteiger partial charge on any atom is -0.492 e. The molecule has 0 heterocycles. The normalized spacial score (nSPS) is 25.0. The molecule has 2 aliphatic rings. The third-order valence-electron chi connectivity index (χ3n) is 10.0. The molecule has 2 aliphatic carbocycles. The van der Waals surface area contributed by atoms with E-state index in [9.17, 15) is 0 Å². The molecule has 4 heteroatoms. The molecule has 4 nitrogen and oxygen atoms in total. The fourth-order valence-corrected chi connectivity index (χ4v) is 7.15. The summed E-state index contributed by atoms with van der Waals surface area (Å²) < 4.78 is 12.7. The van der Waals surface area contributed by atoms with Crippen molar-refractivity contribution < 1.29 is 9.47 Å². The van der Waals surface area contributed by atoms with Crippen LogP contribution in [0.15, 0.2) is 71.4 Å². The lowest BCUT2D eigenvalue weighted by Crippen LogP contribution is -2.41. The fourth-order valence-electron chi connectivity index (χ4n) is 7.15. The topological polar surface area (TPSA) is 42.5 Å². The molecule has 0 saturated heterocycles. The van der Waals surface area contributed by atoms with Crippen LogP contribution in [0.2, 0.25) is 0 Å². The quantitative estimate of drug-likeness (QED) is 0.117. The molecule has 0 aromatic heterocycles. The zero-order valence-electron chi connectivity index (χ0n) is 28.6. The number of hydrogen-bond acceptors (Lipinski definition) is 4. The predicted octanol–water partition coefficient (Wildman–Crippen LogP) is 8.99. The summed E-state index contributed by atoms with van der Waals surface area (Å²) in [7, 11) is 0. The Balaban J connectivity index is 1.39. The third-order valence-corrected chi connectivity index (χ3v) is 10.0. The average Bonchev–Trinajstić information content (AvgIpc) is 3.31. The maximum atomic E-state index is 6.56. The number of rotatable bonds is 20. The number of unbranched alkanes of at least 4 members (excludes halogenated alkanes) is 1. The Bertz CT molecular complexity index is 1090. The van der Waals surface area contributed by atoms with Gasteiger partial charge >= 0.3 is 0 Å². The van der Waals surface area contributed by atoms with E-state index in [1.54, 1.807) is 0 Å². The van der Waals surface area contributed by atoms with Crippen molar-refractivity contribution in [2.75, 3.05) is 39.4 Å². The van der Waals surface area contributed by atoms with E-state index < -0.39 is 0 Å². The fraction of sp³-hybridized carbons (Fsp3) is 0.641. The number of benzene rings is 1. The minimum atomic E-state index is 0.223. The Morgan fingerprint density at radius 1 is 0.884 bits per heavy atom. The molecule has 0 amide bonds. The zero-order valence-corrected chi connectivity index (χ0v) is 28.6. The molecule has 240 valence electrons. The van der Waals surface area contributed by atoms with Gasteiger partial charge in [0.1, 0.15) is 12.4 Å². The molecule has 0 radical (unpaired) electrons. The molecule has 2 bridgehead atoms. The van der Waals surface area contributed by atoms with Crippen molar-refractivity contribution in [3.8, 4) is 5.75 Å². The van der Waals surface area contributed by atoms with E-state index in [4.69, 9.17) is 9.47 Å². The Morgan fingerprint density at radius 2 is 1.63 bits per heavy atom. The summed E-state index contributed by atoms with van der Waals surface area (Å²) in [6.07, 6.45) is 21.2. The first-order valence-corrected chi connectivity index (χ1v) is 17.0. The van der Waals surface area contributed by atoms with Gasteiger partial charge in [0, 0.05) is 26.2 Å². The van der Waals surface area contributed by atoms with Crippen LogP contribution in [0.3, 0.4) is 0 Å². The second kappa shape index (κ2) is 18.0. The van der Waals surface area contributed by atoms with E-state index >= 15 is 0 Å². The first-order chi connectivity index (χ1) is 20.6. The summed E-state index contributed by atoms with van der Waals surface area (Å²) in [4.78, 5) is 0. The number of fused-ring (bicyclic) bond motifs is 2.